The zero-order valence-electron chi connectivity index (χ0n) is 6.48. The maximum Gasteiger partial charge on any atom is 0.326 e. The van der Waals surface area contributed by atoms with Gasteiger partial charge in [0.15, 0.2) is 0 Å². The highest BCUT2D eigenvalue weighted by atomic mass is 16.7. The molecule has 0 bridgehead atoms. The van der Waals surface area contributed by atoms with Gasteiger partial charge in [-0.05, 0) is 6.08 Å². The van der Waals surface area contributed by atoms with Crippen LogP contribution in [-0.4, -0.2) is 12.3 Å². The van der Waals surface area contributed by atoms with Gasteiger partial charge in [0.2, 0.25) is 0 Å². The largest absolute Gasteiger partial charge is 0.468 e. The Morgan fingerprint density at radius 3 is 3.25 bits per heavy atom. The average Bonchev–Trinajstić information content (AvgIpc) is 2.43. The number of fused-ring (bicyclic) bond motifs is 1. The van der Waals surface area contributed by atoms with Crippen LogP contribution < -0.4 is 4.74 Å². The van der Waals surface area contributed by atoms with Crippen LogP contribution in [0, 0.1) is 0 Å². The van der Waals surface area contributed by atoms with E-state index in [1.54, 1.807) is 12.3 Å². The Bertz CT molecular complexity index is 338. The van der Waals surface area contributed by atoms with Crippen LogP contribution in [0.1, 0.15) is 5.56 Å². The lowest BCUT2D eigenvalue weighted by Crippen LogP contribution is -1.95. The number of hydrogen-bond acceptors (Lipinski definition) is 4. The topological polar surface area (TPSA) is 44.5 Å². The van der Waals surface area contributed by atoms with Crippen LogP contribution in [0.3, 0.4) is 0 Å². The van der Waals surface area contributed by atoms with E-state index in [4.69, 9.17) is 14.0 Å². The minimum absolute atomic E-state index is 0.358. The van der Waals surface area contributed by atoms with Gasteiger partial charge in [0.05, 0.1) is 18.9 Å². The third-order valence-electron chi connectivity index (χ3n) is 1.47. The van der Waals surface area contributed by atoms with E-state index >= 15 is 0 Å². The molecule has 0 atom stereocenters. The fraction of sp³-hybridized carbons (Fsp3) is 0.125. The van der Waals surface area contributed by atoms with E-state index < -0.39 is 0 Å². The molecule has 0 saturated carbocycles. The second kappa shape index (κ2) is 2.73. The normalized spacial score (nSPS) is 14.2. The van der Waals surface area contributed by atoms with Gasteiger partial charge >= 0.3 is 5.95 Å². The molecule has 1 aromatic rings. The second-order valence-electron chi connectivity index (χ2n) is 2.22. The smallest absolute Gasteiger partial charge is 0.326 e. The van der Waals surface area contributed by atoms with Crippen molar-refractivity contribution in [3.05, 3.63) is 29.9 Å². The molecule has 4 heteroatoms. The number of methoxy groups -OCH3 is 1. The quantitative estimate of drug-likeness (QED) is 0.633. The van der Waals surface area contributed by atoms with E-state index in [1.807, 2.05) is 12.2 Å². The molecule has 1 aliphatic rings. The van der Waals surface area contributed by atoms with Crippen molar-refractivity contribution in [2.45, 2.75) is 0 Å². The Hall–Kier alpha value is -1.71. The maximum atomic E-state index is 5.19. The van der Waals surface area contributed by atoms with Gasteiger partial charge in [0.25, 0.3) is 5.95 Å². The summed E-state index contributed by atoms with van der Waals surface area (Å²) in [6, 6.07) is 0. The number of aromatic nitrogens is 1. The predicted molar refractivity (Wildman–Crippen MR) is 41.3 cm³/mol. The van der Waals surface area contributed by atoms with Crippen LogP contribution >= 0.6 is 0 Å². The third-order valence-corrected chi connectivity index (χ3v) is 1.47. The fourth-order valence-electron chi connectivity index (χ4n) is 0.890. The van der Waals surface area contributed by atoms with Crippen molar-refractivity contribution in [2.24, 2.45) is 0 Å². The Labute approximate surface area is 69.1 Å². The van der Waals surface area contributed by atoms with E-state index in [-0.39, 0.29) is 0 Å². The summed E-state index contributed by atoms with van der Waals surface area (Å²) in [6.07, 6.45) is 6.92. The van der Waals surface area contributed by atoms with Crippen molar-refractivity contribution in [2.75, 3.05) is 7.11 Å². The molecule has 0 fully saturated rings. The third kappa shape index (κ3) is 1.07. The van der Waals surface area contributed by atoms with Crippen molar-refractivity contribution in [3.8, 4) is 5.95 Å². The van der Waals surface area contributed by atoms with Gasteiger partial charge in [-0.25, -0.2) is 0 Å². The minimum atomic E-state index is 0.358. The van der Waals surface area contributed by atoms with E-state index in [0.717, 1.165) is 5.56 Å². The molecule has 12 heavy (non-hydrogen) atoms. The first-order chi connectivity index (χ1) is 5.90. The Kier molecular flexibility index (Phi) is 1.59. The summed E-state index contributed by atoms with van der Waals surface area (Å²) in [5.41, 5.74) is 0.804. The van der Waals surface area contributed by atoms with Crippen molar-refractivity contribution in [1.82, 2.24) is 5.16 Å². The molecule has 1 aromatic heterocycles. The molecule has 1 aliphatic heterocycles. The van der Waals surface area contributed by atoms with Gasteiger partial charge in [-0.2, -0.15) is 0 Å². The molecule has 0 aromatic carbocycles. The summed E-state index contributed by atoms with van der Waals surface area (Å²) in [4.78, 5) is 0. The summed E-state index contributed by atoms with van der Waals surface area (Å²) in [5, 5.41) is 3.58. The SMILES string of the molecule is COC1=CC=Cc2cnoc2O1. The maximum absolute atomic E-state index is 5.19. The standard InChI is InChI=1S/C8H7NO3/c1-10-7-4-2-3-6-5-9-12-8(6)11-7/h2-5H,1H3. The van der Waals surface area contributed by atoms with Crippen molar-refractivity contribution >= 4 is 6.08 Å². The second-order valence-corrected chi connectivity index (χ2v) is 2.22. The molecule has 0 aliphatic carbocycles. The molecule has 0 unspecified atom stereocenters. The first-order valence-corrected chi connectivity index (χ1v) is 3.45. The summed E-state index contributed by atoms with van der Waals surface area (Å²) in [5.74, 6) is 0.749. The van der Waals surface area contributed by atoms with Crippen LogP contribution in [-0.2, 0) is 4.74 Å². The van der Waals surface area contributed by atoms with Crippen LogP contribution in [0.4, 0.5) is 0 Å². The lowest BCUT2D eigenvalue weighted by molar-refractivity contribution is 0.121. The predicted octanol–water partition coefficient (Wildman–Crippen LogP) is 1.57. The molecular weight excluding hydrogens is 158 g/mol. The van der Waals surface area contributed by atoms with Crippen LogP contribution in [0.5, 0.6) is 5.95 Å². The fourth-order valence-corrected chi connectivity index (χ4v) is 0.890. The van der Waals surface area contributed by atoms with Crippen LogP contribution in [0.2, 0.25) is 0 Å². The first-order valence-electron chi connectivity index (χ1n) is 3.45. The van der Waals surface area contributed by atoms with E-state index in [0.29, 0.717) is 11.9 Å². The summed E-state index contributed by atoms with van der Waals surface area (Å²) in [7, 11) is 1.53. The summed E-state index contributed by atoms with van der Waals surface area (Å²) >= 11 is 0. The molecule has 62 valence electrons. The van der Waals surface area contributed by atoms with Crippen LogP contribution in [0.25, 0.3) is 6.08 Å². The van der Waals surface area contributed by atoms with E-state index in [2.05, 4.69) is 5.16 Å². The van der Waals surface area contributed by atoms with Crippen molar-refractivity contribution in [1.29, 1.82) is 0 Å². The molecular formula is C8H7NO3. The number of hydrogen-bond donors (Lipinski definition) is 0. The molecule has 2 heterocycles. The van der Waals surface area contributed by atoms with Gasteiger partial charge < -0.3 is 14.0 Å². The zero-order valence-corrected chi connectivity index (χ0v) is 6.48. The minimum Gasteiger partial charge on any atom is -0.468 e. The number of nitrogens with zero attached hydrogens (tertiary/aromatic N) is 1. The highest BCUT2D eigenvalue weighted by molar-refractivity contribution is 5.55. The molecule has 0 N–H and O–H groups in total. The monoisotopic (exact) mass is 165 g/mol. The molecule has 0 radical (unpaired) electrons. The average molecular weight is 165 g/mol. The summed E-state index contributed by atoms with van der Waals surface area (Å²) < 4.78 is 14.9. The van der Waals surface area contributed by atoms with Gasteiger partial charge in [-0.3, -0.25) is 0 Å². The number of rotatable bonds is 1. The highest BCUT2D eigenvalue weighted by Crippen LogP contribution is 2.23. The highest BCUT2D eigenvalue weighted by Gasteiger charge is 2.11. The lowest BCUT2D eigenvalue weighted by Gasteiger charge is -2.02. The number of allylic oxidation sites excluding steroid dienone is 2. The molecule has 2 rings (SSSR count). The first kappa shape index (κ1) is 6.97. The van der Waals surface area contributed by atoms with Gasteiger partial charge in [-0.15, -0.1) is 0 Å². The zero-order chi connectivity index (χ0) is 8.39. The number of ether oxygens (including phenoxy) is 2. The van der Waals surface area contributed by atoms with Crippen molar-refractivity contribution < 1.29 is 14.0 Å². The van der Waals surface area contributed by atoms with E-state index in [1.165, 1.54) is 7.11 Å². The van der Waals surface area contributed by atoms with Crippen LogP contribution in [0.15, 0.2) is 28.8 Å². The van der Waals surface area contributed by atoms with Gasteiger partial charge in [0, 0.05) is 6.08 Å². The van der Waals surface area contributed by atoms with Crippen molar-refractivity contribution in [3.63, 3.8) is 0 Å². The van der Waals surface area contributed by atoms with E-state index in [9.17, 15) is 0 Å². The molecule has 4 nitrogen and oxygen atoms in total. The Balaban J connectivity index is 2.36. The Morgan fingerprint density at radius 1 is 1.50 bits per heavy atom. The lowest BCUT2D eigenvalue weighted by atomic mass is 10.3. The molecule has 0 saturated heterocycles. The molecule has 0 amide bonds. The summed E-state index contributed by atoms with van der Waals surface area (Å²) in [6.45, 7) is 0. The van der Waals surface area contributed by atoms with Gasteiger partial charge in [0.1, 0.15) is 0 Å². The Morgan fingerprint density at radius 2 is 2.42 bits per heavy atom. The van der Waals surface area contributed by atoms with Gasteiger partial charge in [-0.1, -0.05) is 11.2 Å². The molecule has 0 spiro atoms.